The Kier molecular flexibility index (Phi) is 7.31. The molecule has 1 N–H and O–H groups in total. The maximum atomic E-state index is 12.8. The van der Waals surface area contributed by atoms with E-state index in [0.29, 0.717) is 17.0 Å². The Balaban J connectivity index is 2.25. The van der Waals surface area contributed by atoms with Gasteiger partial charge in [-0.15, -0.1) is 0 Å². The number of ether oxygens (including phenoxy) is 1. The number of anilines is 1. The number of nitrogens with one attached hydrogen (secondary N) is 1. The SMILES string of the molecule is COc1ccc(CN(C(=O)Nc2ccccc2Br)C(C)C)cc1OS(C)(=O)=O. The van der Waals surface area contributed by atoms with Crippen LogP contribution in [0.5, 0.6) is 11.5 Å². The molecule has 0 fully saturated rings. The van der Waals surface area contributed by atoms with Gasteiger partial charge in [-0.1, -0.05) is 18.2 Å². The van der Waals surface area contributed by atoms with Crippen LogP contribution in [-0.2, 0) is 16.7 Å². The molecule has 0 radical (unpaired) electrons. The van der Waals surface area contributed by atoms with Gasteiger partial charge in [0.05, 0.1) is 19.1 Å². The molecule has 0 saturated carbocycles. The molecule has 0 unspecified atom stereocenters. The summed E-state index contributed by atoms with van der Waals surface area (Å²) in [6.45, 7) is 4.06. The molecule has 0 aliphatic heterocycles. The van der Waals surface area contributed by atoms with Crippen molar-refractivity contribution in [2.24, 2.45) is 0 Å². The third kappa shape index (κ3) is 6.13. The normalized spacial score (nSPS) is 11.2. The highest BCUT2D eigenvalue weighted by Gasteiger charge is 2.20. The topological polar surface area (TPSA) is 84.9 Å². The summed E-state index contributed by atoms with van der Waals surface area (Å²) >= 11 is 3.41. The molecule has 28 heavy (non-hydrogen) atoms. The lowest BCUT2D eigenvalue weighted by Crippen LogP contribution is -2.39. The predicted octanol–water partition coefficient (Wildman–Crippen LogP) is 4.24. The van der Waals surface area contributed by atoms with E-state index in [9.17, 15) is 13.2 Å². The fraction of sp³-hybridized carbons (Fsp3) is 0.316. The third-order valence-electron chi connectivity index (χ3n) is 3.82. The average Bonchev–Trinajstić information content (AvgIpc) is 2.60. The quantitative estimate of drug-likeness (QED) is 0.611. The summed E-state index contributed by atoms with van der Waals surface area (Å²) in [6, 6.07) is 11.9. The van der Waals surface area contributed by atoms with Crippen molar-refractivity contribution in [1.82, 2.24) is 4.90 Å². The standard InChI is InChI=1S/C19H23BrN2O5S/c1-13(2)22(19(23)21-16-8-6-5-7-15(16)20)12-14-9-10-17(26-3)18(11-14)27-28(4,24)25/h5-11,13H,12H2,1-4H3,(H,21,23). The lowest BCUT2D eigenvalue weighted by atomic mass is 10.1. The molecule has 2 aromatic carbocycles. The Morgan fingerprint density at radius 1 is 1.18 bits per heavy atom. The van der Waals surface area contributed by atoms with Gasteiger partial charge in [-0.25, -0.2) is 4.79 Å². The van der Waals surface area contributed by atoms with Gasteiger partial charge in [0.15, 0.2) is 11.5 Å². The highest BCUT2D eigenvalue weighted by molar-refractivity contribution is 9.10. The van der Waals surface area contributed by atoms with Crippen molar-refractivity contribution in [1.29, 1.82) is 0 Å². The van der Waals surface area contributed by atoms with E-state index in [-0.39, 0.29) is 24.4 Å². The van der Waals surface area contributed by atoms with Crippen LogP contribution in [0.25, 0.3) is 0 Å². The van der Waals surface area contributed by atoms with Crippen molar-refractivity contribution in [3.63, 3.8) is 0 Å². The second-order valence-electron chi connectivity index (χ2n) is 6.40. The number of halogens is 1. The minimum Gasteiger partial charge on any atom is -0.493 e. The van der Waals surface area contributed by atoms with Gasteiger partial charge in [-0.2, -0.15) is 8.42 Å². The smallest absolute Gasteiger partial charge is 0.322 e. The van der Waals surface area contributed by atoms with Crippen LogP contribution in [0.2, 0.25) is 0 Å². The molecule has 0 aromatic heterocycles. The second kappa shape index (κ2) is 9.29. The molecule has 152 valence electrons. The van der Waals surface area contributed by atoms with Crippen LogP contribution in [0.4, 0.5) is 10.5 Å². The molecule has 0 bridgehead atoms. The predicted molar refractivity (Wildman–Crippen MR) is 112 cm³/mol. The van der Waals surface area contributed by atoms with Crippen LogP contribution >= 0.6 is 15.9 Å². The fourth-order valence-electron chi connectivity index (χ4n) is 2.48. The number of carbonyl (C=O) groups excluding carboxylic acids is 1. The van der Waals surface area contributed by atoms with Gasteiger partial charge < -0.3 is 19.1 Å². The highest BCUT2D eigenvalue weighted by atomic mass is 79.9. The molecule has 2 rings (SSSR count). The Bertz CT molecular complexity index is 947. The number of hydrogen-bond acceptors (Lipinski definition) is 5. The van der Waals surface area contributed by atoms with Gasteiger partial charge in [-0.3, -0.25) is 0 Å². The Morgan fingerprint density at radius 2 is 1.86 bits per heavy atom. The van der Waals surface area contributed by atoms with Crippen LogP contribution in [-0.4, -0.2) is 38.8 Å². The van der Waals surface area contributed by atoms with Crippen molar-refractivity contribution in [3.8, 4) is 11.5 Å². The Labute approximate surface area is 173 Å². The number of benzene rings is 2. The second-order valence-corrected chi connectivity index (χ2v) is 8.83. The van der Waals surface area contributed by atoms with Crippen molar-refractivity contribution >= 4 is 37.8 Å². The molecule has 0 heterocycles. The van der Waals surface area contributed by atoms with Gasteiger partial charge >= 0.3 is 16.1 Å². The fourth-order valence-corrected chi connectivity index (χ4v) is 3.32. The monoisotopic (exact) mass is 470 g/mol. The van der Waals surface area contributed by atoms with Crippen LogP contribution in [0, 0.1) is 0 Å². The first-order valence-corrected chi connectivity index (χ1v) is 11.1. The summed E-state index contributed by atoms with van der Waals surface area (Å²) in [5.74, 6) is 0.375. The van der Waals surface area contributed by atoms with Crippen LogP contribution in [0.15, 0.2) is 46.9 Å². The van der Waals surface area contributed by atoms with Crippen molar-refractivity contribution < 1.29 is 22.1 Å². The first-order chi connectivity index (χ1) is 13.1. The van der Waals surface area contributed by atoms with Gasteiger partial charge in [0, 0.05) is 17.1 Å². The molecule has 0 spiro atoms. The first kappa shape index (κ1) is 22.0. The van der Waals surface area contributed by atoms with Gasteiger partial charge in [0.2, 0.25) is 0 Å². The minimum absolute atomic E-state index is 0.0809. The van der Waals surface area contributed by atoms with E-state index in [2.05, 4.69) is 21.2 Å². The van der Waals surface area contributed by atoms with E-state index >= 15 is 0 Å². The van der Waals surface area contributed by atoms with E-state index in [0.717, 1.165) is 10.7 Å². The number of para-hydroxylation sites is 1. The zero-order valence-corrected chi connectivity index (χ0v) is 18.5. The van der Waals surface area contributed by atoms with Crippen molar-refractivity contribution in [3.05, 3.63) is 52.5 Å². The zero-order valence-electron chi connectivity index (χ0n) is 16.1. The maximum Gasteiger partial charge on any atom is 0.322 e. The molecule has 7 nitrogen and oxygen atoms in total. The molecule has 2 amide bonds. The Hall–Kier alpha value is -2.26. The van der Waals surface area contributed by atoms with Crippen LogP contribution in [0.3, 0.4) is 0 Å². The summed E-state index contributed by atoms with van der Waals surface area (Å²) in [7, 11) is -2.28. The number of methoxy groups -OCH3 is 1. The summed E-state index contributed by atoms with van der Waals surface area (Å²) in [5, 5.41) is 2.88. The van der Waals surface area contributed by atoms with Crippen LogP contribution < -0.4 is 14.2 Å². The third-order valence-corrected chi connectivity index (χ3v) is 5.00. The summed E-state index contributed by atoms with van der Waals surface area (Å²) in [4.78, 5) is 14.4. The zero-order chi connectivity index (χ0) is 20.9. The molecule has 0 atom stereocenters. The molecule has 0 aliphatic carbocycles. The molecular formula is C19H23BrN2O5S. The number of rotatable bonds is 7. The molecule has 0 saturated heterocycles. The van der Waals surface area contributed by atoms with E-state index < -0.39 is 10.1 Å². The number of hydrogen-bond donors (Lipinski definition) is 1. The van der Waals surface area contributed by atoms with E-state index in [4.69, 9.17) is 8.92 Å². The first-order valence-electron chi connectivity index (χ1n) is 8.49. The lowest BCUT2D eigenvalue weighted by molar-refractivity contribution is 0.193. The van der Waals surface area contributed by atoms with Crippen molar-refractivity contribution in [2.45, 2.75) is 26.4 Å². The minimum atomic E-state index is -3.71. The highest BCUT2D eigenvalue weighted by Crippen LogP contribution is 2.30. The molecular weight excluding hydrogens is 448 g/mol. The van der Waals surface area contributed by atoms with E-state index in [1.54, 1.807) is 29.2 Å². The number of nitrogens with zero attached hydrogens (tertiary/aromatic N) is 1. The maximum absolute atomic E-state index is 12.8. The lowest BCUT2D eigenvalue weighted by Gasteiger charge is -2.27. The number of urea groups is 1. The molecule has 0 aliphatic rings. The van der Waals surface area contributed by atoms with Gasteiger partial charge in [0.1, 0.15) is 0 Å². The van der Waals surface area contributed by atoms with Crippen LogP contribution in [0.1, 0.15) is 19.4 Å². The average molecular weight is 471 g/mol. The van der Waals surface area contributed by atoms with Gasteiger partial charge in [-0.05, 0) is 59.6 Å². The summed E-state index contributed by atoms with van der Waals surface area (Å²) < 4.78 is 33.9. The molecule has 2 aromatic rings. The number of carbonyl (C=O) groups is 1. The van der Waals surface area contributed by atoms with E-state index in [1.807, 2.05) is 32.0 Å². The molecule has 9 heteroatoms. The number of amides is 2. The van der Waals surface area contributed by atoms with Crippen molar-refractivity contribution in [2.75, 3.05) is 18.7 Å². The van der Waals surface area contributed by atoms with Gasteiger partial charge in [0.25, 0.3) is 0 Å². The van der Waals surface area contributed by atoms with E-state index in [1.165, 1.54) is 7.11 Å². The summed E-state index contributed by atoms with van der Waals surface area (Å²) in [5.41, 5.74) is 1.37. The Morgan fingerprint density at radius 3 is 2.43 bits per heavy atom. The summed E-state index contributed by atoms with van der Waals surface area (Å²) in [6.07, 6.45) is 0.963. The largest absolute Gasteiger partial charge is 0.493 e.